The molecule has 4 nitrogen and oxygen atoms in total. The fourth-order valence-electron chi connectivity index (χ4n) is 3.31. The summed E-state index contributed by atoms with van der Waals surface area (Å²) in [6.45, 7) is 2.06. The lowest BCUT2D eigenvalue weighted by atomic mass is 9.96. The van der Waals surface area contributed by atoms with Gasteiger partial charge in [-0.3, -0.25) is 0 Å². The van der Waals surface area contributed by atoms with Gasteiger partial charge in [-0.2, -0.15) is 0 Å². The van der Waals surface area contributed by atoms with Crippen molar-refractivity contribution >= 4 is 51.9 Å². The van der Waals surface area contributed by atoms with E-state index < -0.39 is 5.97 Å². The zero-order chi connectivity index (χ0) is 18.6. The number of hydrogen-bond acceptors (Lipinski definition) is 4. The highest BCUT2D eigenvalue weighted by molar-refractivity contribution is 7.80. The summed E-state index contributed by atoms with van der Waals surface area (Å²) in [5.74, 6) is -0.439. The number of carbonyl (C=O) groups excluding carboxylic acids is 1. The van der Waals surface area contributed by atoms with Gasteiger partial charge >= 0.3 is 5.97 Å². The van der Waals surface area contributed by atoms with Crippen LogP contribution in [0.4, 0.5) is 5.69 Å². The van der Waals surface area contributed by atoms with Crippen molar-refractivity contribution in [3.05, 3.63) is 51.2 Å². The maximum Gasteiger partial charge on any atom is 0.339 e. The molecule has 0 saturated heterocycles. The van der Waals surface area contributed by atoms with E-state index >= 15 is 0 Å². The average Bonchev–Trinajstić information content (AvgIpc) is 3.29. The molecular formula is C19H21ClN2O2S2. The van der Waals surface area contributed by atoms with Crippen molar-refractivity contribution in [3.63, 3.8) is 0 Å². The zero-order valence-corrected chi connectivity index (χ0v) is 16.9. The monoisotopic (exact) mass is 408 g/mol. The molecule has 138 valence electrons. The lowest BCUT2D eigenvalue weighted by Crippen LogP contribution is -2.45. The number of ether oxygens (including phenoxy) is 1. The van der Waals surface area contributed by atoms with E-state index in [2.05, 4.69) is 28.1 Å². The number of nitrogens with one attached hydrogen (secondary N) is 2. The third-order valence-corrected chi connectivity index (χ3v) is 6.13. The Morgan fingerprint density at radius 3 is 2.77 bits per heavy atom. The maximum atomic E-state index is 12.0. The van der Waals surface area contributed by atoms with Gasteiger partial charge in [-0.1, -0.05) is 30.5 Å². The molecule has 0 unspecified atom stereocenters. The summed E-state index contributed by atoms with van der Waals surface area (Å²) < 4.78 is 5.04. The van der Waals surface area contributed by atoms with Crippen LogP contribution in [0.1, 0.15) is 47.8 Å². The van der Waals surface area contributed by atoms with Gasteiger partial charge in [0.05, 0.1) is 22.7 Å². The van der Waals surface area contributed by atoms with Crippen LogP contribution < -0.4 is 10.6 Å². The Bertz CT molecular complexity index is 787. The van der Waals surface area contributed by atoms with Crippen LogP contribution in [0.25, 0.3) is 0 Å². The van der Waals surface area contributed by atoms with Crippen molar-refractivity contribution in [2.75, 3.05) is 11.9 Å². The molecule has 1 aromatic heterocycles. The molecule has 3 rings (SSSR count). The topological polar surface area (TPSA) is 50.4 Å². The number of hydrogen-bond donors (Lipinski definition) is 2. The first-order chi connectivity index (χ1) is 12.5. The number of carbonyl (C=O) groups is 1. The molecule has 0 bridgehead atoms. The SMILES string of the molecule is CCOC(=O)c1cc(NC(=S)NC2(c3cccs3)CCCC2)ccc1Cl. The van der Waals surface area contributed by atoms with Crippen molar-refractivity contribution in [2.45, 2.75) is 38.1 Å². The number of thiophene rings is 1. The lowest BCUT2D eigenvalue weighted by Gasteiger charge is -2.31. The van der Waals surface area contributed by atoms with Crippen molar-refractivity contribution in [3.8, 4) is 0 Å². The number of rotatable bonds is 5. The summed E-state index contributed by atoms with van der Waals surface area (Å²) in [6.07, 6.45) is 4.48. The molecule has 1 fully saturated rings. The van der Waals surface area contributed by atoms with Crippen LogP contribution in [0.2, 0.25) is 5.02 Å². The van der Waals surface area contributed by atoms with Crippen LogP contribution >= 0.6 is 35.2 Å². The Kier molecular flexibility index (Phi) is 6.16. The van der Waals surface area contributed by atoms with Crippen molar-refractivity contribution in [2.24, 2.45) is 0 Å². The molecule has 0 spiro atoms. The van der Waals surface area contributed by atoms with Crippen molar-refractivity contribution in [1.29, 1.82) is 0 Å². The summed E-state index contributed by atoms with van der Waals surface area (Å²) in [5.41, 5.74) is 0.929. The summed E-state index contributed by atoms with van der Waals surface area (Å²) in [5, 5.41) is 9.69. The molecular weight excluding hydrogens is 388 g/mol. The van der Waals surface area contributed by atoms with Crippen LogP contribution in [-0.4, -0.2) is 17.7 Å². The first kappa shape index (κ1) is 19.1. The van der Waals surface area contributed by atoms with Gasteiger partial charge < -0.3 is 15.4 Å². The molecule has 1 aliphatic rings. The molecule has 2 aromatic rings. The summed E-state index contributed by atoms with van der Waals surface area (Å²) in [7, 11) is 0. The van der Waals surface area contributed by atoms with Gasteiger partial charge in [0, 0.05) is 10.6 Å². The van der Waals surface area contributed by atoms with Gasteiger partial charge in [-0.25, -0.2) is 4.79 Å². The minimum Gasteiger partial charge on any atom is -0.462 e. The predicted octanol–water partition coefficient (Wildman–Crippen LogP) is 5.33. The molecule has 1 aromatic carbocycles. The van der Waals surface area contributed by atoms with E-state index in [0.717, 1.165) is 12.8 Å². The van der Waals surface area contributed by atoms with E-state index in [-0.39, 0.29) is 5.54 Å². The van der Waals surface area contributed by atoms with Gasteiger partial charge in [0.2, 0.25) is 0 Å². The first-order valence-corrected chi connectivity index (χ1v) is 10.3. The number of anilines is 1. The van der Waals surface area contributed by atoms with Crippen molar-refractivity contribution in [1.82, 2.24) is 5.32 Å². The van der Waals surface area contributed by atoms with E-state index in [0.29, 0.717) is 28.0 Å². The van der Waals surface area contributed by atoms with E-state index in [4.69, 9.17) is 28.6 Å². The lowest BCUT2D eigenvalue weighted by molar-refractivity contribution is 0.0526. The summed E-state index contributed by atoms with van der Waals surface area (Å²) in [6, 6.07) is 9.37. The smallest absolute Gasteiger partial charge is 0.339 e. The molecule has 2 N–H and O–H groups in total. The number of benzene rings is 1. The normalized spacial score (nSPS) is 15.5. The van der Waals surface area contributed by atoms with Crippen LogP contribution in [0.15, 0.2) is 35.7 Å². The standard InChI is InChI=1S/C19H21ClN2O2S2/c1-2-24-17(23)14-12-13(7-8-15(14)20)21-18(25)22-19(9-3-4-10-19)16-6-5-11-26-16/h5-8,11-12H,2-4,9-10H2,1H3,(H2,21,22,25). The van der Waals surface area contributed by atoms with E-state index in [9.17, 15) is 4.79 Å². The number of esters is 1. The van der Waals surface area contributed by atoms with Gasteiger partial charge in [0.25, 0.3) is 0 Å². The highest BCUT2D eigenvalue weighted by Gasteiger charge is 2.37. The molecule has 0 atom stereocenters. The quantitative estimate of drug-likeness (QED) is 0.517. The van der Waals surface area contributed by atoms with Gasteiger partial charge in [-0.15, -0.1) is 11.3 Å². The highest BCUT2D eigenvalue weighted by Crippen LogP contribution is 2.40. The van der Waals surface area contributed by atoms with Gasteiger partial charge in [0.1, 0.15) is 0 Å². The van der Waals surface area contributed by atoms with E-state index in [1.807, 2.05) is 0 Å². The summed E-state index contributed by atoms with van der Waals surface area (Å²) in [4.78, 5) is 13.3. The molecule has 7 heteroatoms. The van der Waals surface area contributed by atoms with Crippen LogP contribution in [0.5, 0.6) is 0 Å². The third kappa shape index (κ3) is 4.19. The van der Waals surface area contributed by atoms with Crippen LogP contribution in [0, 0.1) is 0 Å². The molecule has 1 heterocycles. The second kappa shape index (κ2) is 8.37. The largest absolute Gasteiger partial charge is 0.462 e. The Balaban J connectivity index is 1.74. The predicted molar refractivity (Wildman–Crippen MR) is 111 cm³/mol. The Labute approximate surface area is 167 Å². The van der Waals surface area contributed by atoms with Gasteiger partial charge in [-0.05, 0) is 61.6 Å². The second-order valence-electron chi connectivity index (χ2n) is 6.26. The Morgan fingerprint density at radius 1 is 1.35 bits per heavy atom. The van der Waals surface area contributed by atoms with E-state index in [1.165, 1.54) is 17.7 Å². The fraction of sp³-hybridized carbons (Fsp3) is 0.368. The molecule has 1 aliphatic carbocycles. The maximum absolute atomic E-state index is 12.0. The highest BCUT2D eigenvalue weighted by atomic mass is 35.5. The van der Waals surface area contributed by atoms with Crippen LogP contribution in [-0.2, 0) is 10.3 Å². The third-order valence-electron chi connectivity index (χ3n) is 4.52. The number of thiocarbonyl (C=S) groups is 1. The molecule has 0 amide bonds. The molecule has 0 aliphatic heterocycles. The molecule has 0 radical (unpaired) electrons. The average molecular weight is 409 g/mol. The Hall–Kier alpha value is -1.63. The zero-order valence-electron chi connectivity index (χ0n) is 14.5. The van der Waals surface area contributed by atoms with Crippen molar-refractivity contribution < 1.29 is 9.53 Å². The summed E-state index contributed by atoms with van der Waals surface area (Å²) >= 11 is 13.4. The number of halogens is 1. The minimum absolute atomic E-state index is 0.103. The van der Waals surface area contributed by atoms with Crippen LogP contribution in [0.3, 0.4) is 0 Å². The van der Waals surface area contributed by atoms with Gasteiger partial charge in [0.15, 0.2) is 5.11 Å². The fourth-order valence-corrected chi connectivity index (χ4v) is 4.76. The first-order valence-electron chi connectivity index (χ1n) is 8.64. The Morgan fingerprint density at radius 2 is 2.12 bits per heavy atom. The second-order valence-corrected chi connectivity index (χ2v) is 8.02. The molecule has 26 heavy (non-hydrogen) atoms. The minimum atomic E-state index is -0.439. The van der Waals surface area contributed by atoms with E-state index in [1.54, 1.807) is 36.5 Å². The molecule has 1 saturated carbocycles.